The Morgan fingerprint density at radius 2 is 2.25 bits per heavy atom. The Bertz CT molecular complexity index is 375. The third-order valence-electron chi connectivity index (χ3n) is 3.00. The SMILES string of the molecule is Nc1c[nH]c(C(=O)N[C@@H]2CCCC[C@H]2O)c1. The van der Waals surface area contributed by atoms with E-state index in [1.165, 1.54) is 0 Å². The average Bonchev–Trinajstić information content (AvgIpc) is 2.68. The number of nitrogens with two attached hydrogens (primary N) is 1. The number of hydrogen-bond donors (Lipinski definition) is 4. The molecule has 0 aromatic carbocycles. The molecule has 1 aliphatic rings. The van der Waals surface area contributed by atoms with Crippen LogP contribution in [0.1, 0.15) is 36.2 Å². The zero-order chi connectivity index (χ0) is 11.5. The average molecular weight is 223 g/mol. The Balaban J connectivity index is 1.96. The maximum absolute atomic E-state index is 11.8. The minimum atomic E-state index is -0.426. The minimum Gasteiger partial charge on any atom is -0.397 e. The van der Waals surface area contributed by atoms with Crippen LogP contribution in [0, 0.1) is 0 Å². The summed E-state index contributed by atoms with van der Waals surface area (Å²) in [7, 11) is 0. The second kappa shape index (κ2) is 4.57. The number of amides is 1. The molecule has 1 aromatic heterocycles. The van der Waals surface area contributed by atoms with Crippen molar-refractivity contribution in [2.24, 2.45) is 0 Å². The predicted molar refractivity (Wildman–Crippen MR) is 60.9 cm³/mol. The van der Waals surface area contributed by atoms with Crippen LogP contribution in [0.2, 0.25) is 0 Å². The van der Waals surface area contributed by atoms with Gasteiger partial charge in [0, 0.05) is 11.9 Å². The smallest absolute Gasteiger partial charge is 0.268 e. The summed E-state index contributed by atoms with van der Waals surface area (Å²) in [6.07, 6.45) is 4.83. The molecule has 0 saturated heterocycles. The number of aromatic nitrogens is 1. The van der Waals surface area contributed by atoms with Crippen LogP contribution in [-0.4, -0.2) is 28.1 Å². The van der Waals surface area contributed by atoms with Gasteiger partial charge in [-0.05, 0) is 18.9 Å². The Hall–Kier alpha value is -1.49. The normalized spacial score (nSPS) is 25.3. The van der Waals surface area contributed by atoms with E-state index in [0.29, 0.717) is 11.4 Å². The van der Waals surface area contributed by atoms with Gasteiger partial charge in [-0.15, -0.1) is 0 Å². The van der Waals surface area contributed by atoms with E-state index < -0.39 is 6.10 Å². The van der Waals surface area contributed by atoms with E-state index >= 15 is 0 Å². The molecule has 5 N–H and O–H groups in total. The summed E-state index contributed by atoms with van der Waals surface area (Å²) in [4.78, 5) is 14.6. The Kier molecular flexibility index (Phi) is 3.14. The largest absolute Gasteiger partial charge is 0.397 e. The first kappa shape index (κ1) is 11.0. The van der Waals surface area contributed by atoms with Crippen LogP contribution >= 0.6 is 0 Å². The van der Waals surface area contributed by atoms with Gasteiger partial charge in [-0.3, -0.25) is 4.79 Å². The van der Waals surface area contributed by atoms with Crippen LogP contribution in [0.15, 0.2) is 12.3 Å². The van der Waals surface area contributed by atoms with Crippen molar-refractivity contribution in [1.82, 2.24) is 10.3 Å². The maximum Gasteiger partial charge on any atom is 0.268 e. The van der Waals surface area contributed by atoms with Crippen molar-refractivity contribution >= 4 is 11.6 Å². The van der Waals surface area contributed by atoms with Crippen LogP contribution < -0.4 is 11.1 Å². The first-order valence-corrected chi connectivity index (χ1v) is 5.59. The van der Waals surface area contributed by atoms with Crippen molar-refractivity contribution in [1.29, 1.82) is 0 Å². The van der Waals surface area contributed by atoms with E-state index in [2.05, 4.69) is 10.3 Å². The number of aliphatic hydroxyl groups is 1. The van der Waals surface area contributed by atoms with Gasteiger partial charge >= 0.3 is 0 Å². The zero-order valence-corrected chi connectivity index (χ0v) is 9.07. The fourth-order valence-corrected chi connectivity index (χ4v) is 2.07. The Labute approximate surface area is 94.0 Å². The molecule has 0 radical (unpaired) electrons. The molecule has 0 bridgehead atoms. The number of anilines is 1. The zero-order valence-electron chi connectivity index (χ0n) is 9.07. The molecule has 0 spiro atoms. The lowest BCUT2D eigenvalue weighted by Crippen LogP contribution is -2.45. The highest BCUT2D eigenvalue weighted by Gasteiger charge is 2.25. The molecule has 16 heavy (non-hydrogen) atoms. The molecule has 1 fully saturated rings. The van der Waals surface area contributed by atoms with Crippen LogP contribution in [0.3, 0.4) is 0 Å². The highest BCUT2D eigenvalue weighted by atomic mass is 16.3. The van der Waals surface area contributed by atoms with Gasteiger partial charge < -0.3 is 21.1 Å². The van der Waals surface area contributed by atoms with Gasteiger partial charge in [-0.25, -0.2) is 0 Å². The first-order chi connectivity index (χ1) is 7.66. The van der Waals surface area contributed by atoms with Crippen molar-refractivity contribution < 1.29 is 9.90 Å². The number of aromatic amines is 1. The van der Waals surface area contributed by atoms with E-state index in [0.717, 1.165) is 25.7 Å². The summed E-state index contributed by atoms with van der Waals surface area (Å²) in [5.41, 5.74) is 6.49. The molecule has 1 saturated carbocycles. The number of aliphatic hydroxyl groups excluding tert-OH is 1. The number of carbonyl (C=O) groups is 1. The lowest BCUT2D eigenvalue weighted by atomic mass is 9.92. The predicted octanol–water partition coefficient (Wildman–Crippen LogP) is 0.630. The summed E-state index contributed by atoms with van der Waals surface area (Å²) in [6.45, 7) is 0. The molecule has 0 aliphatic heterocycles. The number of nitrogen functional groups attached to an aromatic ring is 1. The van der Waals surface area contributed by atoms with Gasteiger partial charge in [0.1, 0.15) is 5.69 Å². The molecule has 1 aromatic rings. The summed E-state index contributed by atoms with van der Waals surface area (Å²) < 4.78 is 0. The number of nitrogens with one attached hydrogen (secondary N) is 2. The molecule has 1 heterocycles. The van der Waals surface area contributed by atoms with E-state index in [-0.39, 0.29) is 11.9 Å². The Morgan fingerprint density at radius 3 is 2.88 bits per heavy atom. The molecular weight excluding hydrogens is 206 g/mol. The van der Waals surface area contributed by atoms with Crippen molar-refractivity contribution in [2.75, 3.05) is 5.73 Å². The third kappa shape index (κ3) is 2.36. The van der Waals surface area contributed by atoms with Crippen molar-refractivity contribution in [3.8, 4) is 0 Å². The second-order valence-corrected chi connectivity index (χ2v) is 4.28. The summed E-state index contributed by atoms with van der Waals surface area (Å²) in [5, 5.41) is 12.5. The van der Waals surface area contributed by atoms with Gasteiger partial charge in [0.05, 0.1) is 12.1 Å². The molecular formula is C11H17N3O2. The summed E-state index contributed by atoms with van der Waals surface area (Å²) in [5.74, 6) is -0.206. The van der Waals surface area contributed by atoms with E-state index in [9.17, 15) is 9.90 Å². The fraction of sp³-hybridized carbons (Fsp3) is 0.545. The molecule has 1 aliphatic carbocycles. The monoisotopic (exact) mass is 223 g/mol. The van der Waals surface area contributed by atoms with E-state index in [1.807, 2.05) is 0 Å². The molecule has 2 atom stereocenters. The van der Waals surface area contributed by atoms with Crippen LogP contribution in [-0.2, 0) is 0 Å². The Morgan fingerprint density at radius 1 is 1.50 bits per heavy atom. The molecule has 1 amide bonds. The standard InChI is InChI=1S/C11H17N3O2/c12-7-5-9(13-6-7)11(16)14-8-3-1-2-4-10(8)15/h5-6,8,10,13,15H,1-4,12H2,(H,14,16)/t8-,10-/m1/s1. The minimum absolute atomic E-state index is 0.134. The number of hydrogen-bond acceptors (Lipinski definition) is 3. The van der Waals surface area contributed by atoms with E-state index in [1.54, 1.807) is 12.3 Å². The van der Waals surface area contributed by atoms with Crippen LogP contribution in [0.5, 0.6) is 0 Å². The number of H-pyrrole nitrogens is 1. The molecule has 88 valence electrons. The van der Waals surface area contributed by atoms with Gasteiger partial charge in [0.15, 0.2) is 0 Å². The fourth-order valence-electron chi connectivity index (χ4n) is 2.07. The van der Waals surface area contributed by atoms with Gasteiger partial charge in [-0.2, -0.15) is 0 Å². The number of rotatable bonds is 2. The summed E-state index contributed by atoms with van der Waals surface area (Å²) in [6, 6.07) is 1.45. The molecule has 2 rings (SSSR count). The lowest BCUT2D eigenvalue weighted by Gasteiger charge is -2.28. The number of carbonyl (C=O) groups excluding carboxylic acids is 1. The first-order valence-electron chi connectivity index (χ1n) is 5.59. The van der Waals surface area contributed by atoms with Gasteiger partial charge in [0.2, 0.25) is 0 Å². The second-order valence-electron chi connectivity index (χ2n) is 4.28. The molecule has 5 nitrogen and oxygen atoms in total. The molecule has 5 heteroatoms. The van der Waals surface area contributed by atoms with Crippen molar-refractivity contribution in [2.45, 2.75) is 37.8 Å². The van der Waals surface area contributed by atoms with Crippen molar-refractivity contribution in [3.05, 3.63) is 18.0 Å². The molecule has 0 unspecified atom stereocenters. The quantitative estimate of drug-likeness (QED) is 0.592. The van der Waals surface area contributed by atoms with Gasteiger partial charge in [-0.1, -0.05) is 12.8 Å². The topological polar surface area (TPSA) is 91.1 Å². The maximum atomic E-state index is 11.8. The van der Waals surface area contributed by atoms with Crippen LogP contribution in [0.25, 0.3) is 0 Å². The van der Waals surface area contributed by atoms with Crippen molar-refractivity contribution in [3.63, 3.8) is 0 Å². The highest BCUT2D eigenvalue weighted by molar-refractivity contribution is 5.93. The third-order valence-corrected chi connectivity index (χ3v) is 3.00. The summed E-state index contributed by atoms with van der Waals surface area (Å²) >= 11 is 0. The highest BCUT2D eigenvalue weighted by Crippen LogP contribution is 2.18. The van der Waals surface area contributed by atoms with E-state index in [4.69, 9.17) is 5.73 Å². The lowest BCUT2D eigenvalue weighted by molar-refractivity contribution is 0.0714. The van der Waals surface area contributed by atoms with Gasteiger partial charge in [0.25, 0.3) is 5.91 Å². The van der Waals surface area contributed by atoms with Crippen LogP contribution in [0.4, 0.5) is 5.69 Å².